The van der Waals surface area contributed by atoms with Gasteiger partial charge in [0.05, 0.1) is 21.1 Å². The third-order valence-electron chi connectivity index (χ3n) is 13.5. The van der Waals surface area contributed by atoms with E-state index in [4.69, 9.17) is 0 Å². The Balaban J connectivity index is 1.72. The summed E-state index contributed by atoms with van der Waals surface area (Å²) in [4.78, 5) is 15.8. The molecule has 0 aromatic heterocycles. The van der Waals surface area contributed by atoms with E-state index in [1.54, 1.807) is 0 Å². The van der Waals surface area contributed by atoms with Gasteiger partial charge < -0.3 is 14.5 Å². The average molecular weight is 558 g/mol. The highest BCUT2D eigenvalue weighted by molar-refractivity contribution is 5.79. The predicted octanol–water partition coefficient (Wildman–Crippen LogP) is 8.12. The molecule has 3 saturated carbocycles. The number of hydrogen-bond donors (Lipinski definition) is 1. The van der Waals surface area contributed by atoms with E-state index in [1.165, 1.54) is 50.5 Å². The first kappa shape index (κ1) is 32.1. The summed E-state index contributed by atoms with van der Waals surface area (Å²) in [5, 5.41) is 11.0. The first-order valence-corrected chi connectivity index (χ1v) is 17.0. The van der Waals surface area contributed by atoms with E-state index in [-0.39, 0.29) is 17.4 Å². The van der Waals surface area contributed by atoms with Crippen molar-refractivity contribution in [2.24, 2.45) is 52.3 Å². The Kier molecular flexibility index (Phi) is 9.07. The van der Waals surface area contributed by atoms with Gasteiger partial charge in [-0.1, -0.05) is 78.9 Å². The maximum atomic E-state index is 13.4. The van der Waals surface area contributed by atoms with Gasteiger partial charge in [0.1, 0.15) is 0 Å². The van der Waals surface area contributed by atoms with Crippen LogP contribution in [0, 0.1) is 52.3 Å². The molecule has 230 valence electrons. The third-order valence-corrected chi connectivity index (χ3v) is 13.5. The molecule has 10 atom stereocenters. The summed E-state index contributed by atoms with van der Waals surface area (Å²) >= 11 is 0. The van der Waals surface area contributed by atoms with Crippen LogP contribution < -0.4 is 0 Å². The van der Waals surface area contributed by atoms with Crippen LogP contribution in [-0.4, -0.2) is 67.3 Å². The van der Waals surface area contributed by atoms with Gasteiger partial charge in [-0.05, 0) is 93.5 Å². The summed E-state index contributed by atoms with van der Waals surface area (Å²) in [7, 11) is 10.9. The van der Waals surface area contributed by atoms with Crippen LogP contribution in [0.25, 0.3) is 0 Å². The van der Waals surface area contributed by atoms with E-state index in [0.717, 1.165) is 48.9 Å². The highest BCUT2D eigenvalue weighted by Crippen LogP contribution is 2.69. The van der Waals surface area contributed by atoms with Crippen molar-refractivity contribution in [1.29, 1.82) is 0 Å². The van der Waals surface area contributed by atoms with Crippen molar-refractivity contribution in [1.82, 2.24) is 4.90 Å². The van der Waals surface area contributed by atoms with E-state index < -0.39 is 11.5 Å². The fraction of sp³-hybridized carbons (Fsp3) is 0.917. The van der Waals surface area contributed by atoms with Gasteiger partial charge in [0, 0.05) is 23.8 Å². The molecule has 4 aliphatic carbocycles. The molecular formula is C36H65N2O2+. The zero-order chi connectivity index (χ0) is 29.8. The maximum absolute atomic E-state index is 13.4. The fourth-order valence-corrected chi connectivity index (χ4v) is 11.8. The minimum absolute atomic E-state index is 0.0443. The van der Waals surface area contributed by atoms with Crippen LogP contribution in [0.2, 0.25) is 0 Å². The molecule has 0 bridgehead atoms. The first-order chi connectivity index (χ1) is 18.6. The number of aliphatic carboxylic acids is 1. The average Bonchev–Trinajstić information content (AvgIpc) is 3.19. The van der Waals surface area contributed by atoms with E-state index in [1.807, 2.05) is 0 Å². The van der Waals surface area contributed by atoms with Gasteiger partial charge in [-0.15, -0.1) is 0 Å². The number of quaternary nitrogens is 1. The van der Waals surface area contributed by atoms with Crippen LogP contribution in [0.1, 0.15) is 112 Å². The Morgan fingerprint density at radius 2 is 1.75 bits per heavy atom. The highest BCUT2D eigenvalue weighted by Gasteiger charge is 2.70. The van der Waals surface area contributed by atoms with Crippen LogP contribution in [0.5, 0.6) is 0 Å². The lowest BCUT2D eigenvalue weighted by atomic mass is 9.42. The second-order valence-corrected chi connectivity index (χ2v) is 16.9. The maximum Gasteiger partial charge on any atom is 0.366 e. The number of fused-ring (bicyclic) bond motifs is 5. The summed E-state index contributed by atoms with van der Waals surface area (Å²) in [6.45, 7) is 14.8. The molecule has 0 saturated heterocycles. The van der Waals surface area contributed by atoms with Gasteiger partial charge in [-0.25, -0.2) is 4.79 Å². The van der Waals surface area contributed by atoms with Crippen LogP contribution in [-0.2, 0) is 4.79 Å². The molecule has 4 rings (SSSR count). The molecule has 1 N–H and O–H groups in total. The molecular weight excluding hydrogens is 492 g/mol. The third kappa shape index (κ3) is 4.83. The second-order valence-electron chi connectivity index (χ2n) is 16.9. The van der Waals surface area contributed by atoms with Crippen LogP contribution in [0.4, 0.5) is 0 Å². The predicted molar refractivity (Wildman–Crippen MR) is 168 cm³/mol. The molecule has 0 heterocycles. The molecule has 0 aromatic rings. The van der Waals surface area contributed by atoms with Gasteiger partial charge in [-0.3, -0.25) is 0 Å². The number of allylic oxidation sites excluding steroid dienone is 1. The topological polar surface area (TPSA) is 40.5 Å². The summed E-state index contributed by atoms with van der Waals surface area (Å²) in [6.07, 6.45) is 16.1. The monoisotopic (exact) mass is 558 g/mol. The van der Waals surface area contributed by atoms with E-state index >= 15 is 0 Å². The number of rotatable bonds is 10. The molecule has 0 amide bonds. The smallest absolute Gasteiger partial charge is 0.366 e. The van der Waals surface area contributed by atoms with E-state index in [0.29, 0.717) is 22.2 Å². The Bertz CT molecular complexity index is 949. The largest absolute Gasteiger partial charge is 0.477 e. The molecule has 40 heavy (non-hydrogen) atoms. The van der Waals surface area contributed by atoms with Crippen LogP contribution in [0.15, 0.2) is 11.6 Å². The van der Waals surface area contributed by atoms with Crippen molar-refractivity contribution in [3.05, 3.63) is 11.6 Å². The Labute approximate surface area is 247 Å². The second kappa shape index (κ2) is 11.3. The number of carboxylic acids is 1. The number of likely N-dealkylation sites (N-methyl/N-ethyl adjacent to an activating group) is 1. The summed E-state index contributed by atoms with van der Waals surface area (Å²) < 4.78 is 0.482. The van der Waals surface area contributed by atoms with Crippen LogP contribution >= 0.6 is 0 Å². The Morgan fingerprint density at radius 1 is 1.07 bits per heavy atom. The molecule has 0 aliphatic heterocycles. The van der Waals surface area contributed by atoms with Gasteiger partial charge in [0.25, 0.3) is 0 Å². The van der Waals surface area contributed by atoms with Gasteiger partial charge in [0.15, 0.2) is 0 Å². The van der Waals surface area contributed by atoms with Crippen molar-refractivity contribution < 1.29 is 14.4 Å². The Hall–Kier alpha value is -0.870. The normalized spacial score (nSPS) is 42.3. The highest BCUT2D eigenvalue weighted by atomic mass is 16.4. The quantitative estimate of drug-likeness (QED) is 0.218. The standard InChI is InChI=1S/C36H64N2O2/c1-12-14-31-32(37(7)8)35(6)26(23-36(31,33(39)40)38(9,10)11)17-18-27-29-20-19-28(25(4)16-13-15-24(2)3)34(29,5)22-21-30(27)35/h17,24-25,27-32H,12-16,18-23H2,1-11H3/p+1/t25-,27+,28-,29+,30+,31?,32?,34-,35+,36?/m1/s1. The molecule has 0 radical (unpaired) electrons. The number of carbonyl (C=O) groups is 1. The SMILES string of the molecule is CCCC1C(N(C)C)[C@@]2(C)C(=CC[C@H]3[C@@H]4CC[C@H]([C@H](C)CCCC(C)C)[C@@]4(C)CC[C@@H]32)CC1(C(=O)O)[N+](C)(C)C. The minimum atomic E-state index is -0.795. The van der Waals surface area contributed by atoms with Crippen LogP contribution in [0.3, 0.4) is 0 Å². The lowest BCUT2D eigenvalue weighted by Crippen LogP contribution is -2.75. The molecule has 0 spiro atoms. The molecule has 3 unspecified atom stereocenters. The van der Waals surface area contributed by atoms with E-state index in [2.05, 4.69) is 87.8 Å². The van der Waals surface area contributed by atoms with Gasteiger partial charge in [0.2, 0.25) is 5.54 Å². The lowest BCUT2D eigenvalue weighted by Gasteiger charge is -2.66. The lowest BCUT2D eigenvalue weighted by molar-refractivity contribution is -0.920. The van der Waals surface area contributed by atoms with Gasteiger partial charge in [-0.2, -0.15) is 0 Å². The van der Waals surface area contributed by atoms with Crippen molar-refractivity contribution in [2.75, 3.05) is 35.2 Å². The van der Waals surface area contributed by atoms with Crippen molar-refractivity contribution in [3.63, 3.8) is 0 Å². The van der Waals surface area contributed by atoms with Crippen molar-refractivity contribution in [3.8, 4) is 0 Å². The van der Waals surface area contributed by atoms with Crippen molar-refractivity contribution >= 4 is 5.97 Å². The summed E-state index contributed by atoms with van der Waals surface area (Å²) in [6, 6.07) is 0.241. The zero-order valence-electron chi connectivity index (χ0n) is 28.2. The summed E-state index contributed by atoms with van der Waals surface area (Å²) in [5.41, 5.74) is 1.19. The number of nitrogens with zero attached hydrogens (tertiary/aromatic N) is 2. The number of hydrogen-bond acceptors (Lipinski definition) is 2. The Morgan fingerprint density at radius 3 is 2.30 bits per heavy atom. The minimum Gasteiger partial charge on any atom is -0.477 e. The molecule has 3 fully saturated rings. The first-order valence-electron chi connectivity index (χ1n) is 17.0. The van der Waals surface area contributed by atoms with E-state index in [9.17, 15) is 9.90 Å². The molecule has 0 aromatic carbocycles. The zero-order valence-corrected chi connectivity index (χ0v) is 28.2. The van der Waals surface area contributed by atoms with Crippen molar-refractivity contribution in [2.45, 2.75) is 124 Å². The molecule has 4 aliphatic rings. The molecule has 4 heteroatoms. The van der Waals surface area contributed by atoms with Gasteiger partial charge >= 0.3 is 5.97 Å². The number of carboxylic acid groups (broad SMARTS) is 1. The summed E-state index contributed by atoms with van der Waals surface area (Å²) in [5.74, 6) is 4.24. The molecule has 4 nitrogen and oxygen atoms in total. The fourth-order valence-electron chi connectivity index (χ4n) is 11.8.